The van der Waals surface area contributed by atoms with Crippen LogP contribution in [0.1, 0.15) is 12.2 Å². The predicted molar refractivity (Wildman–Crippen MR) is 81.2 cm³/mol. The average Bonchev–Trinajstić information content (AvgIpc) is 3.06. The van der Waals surface area contributed by atoms with Crippen LogP contribution in [0.15, 0.2) is 58.1 Å². The molecule has 1 aromatic carbocycles. The first-order valence-corrected chi connectivity index (χ1v) is 6.98. The van der Waals surface area contributed by atoms with Crippen molar-refractivity contribution in [2.75, 3.05) is 0 Å². The van der Waals surface area contributed by atoms with Crippen molar-refractivity contribution in [3.63, 3.8) is 0 Å². The standard InChI is InChI=1S/C16H15N3O3/c20-15-11-18-19(14-6-2-1-5-13(14)15)8-7-16(21)17-10-12-4-3-9-22-12/h1-6,9,11H,7-8,10H2,(H,17,21). The molecule has 0 spiro atoms. The van der Waals surface area contributed by atoms with E-state index in [0.717, 1.165) is 5.52 Å². The molecular formula is C16H15N3O3. The summed E-state index contributed by atoms with van der Waals surface area (Å²) in [4.78, 5) is 23.6. The summed E-state index contributed by atoms with van der Waals surface area (Å²) in [7, 11) is 0. The number of para-hydroxylation sites is 1. The van der Waals surface area contributed by atoms with Gasteiger partial charge in [0, 0.05) is 11.8 Å². The lowest BCUT2D eigenvalue weighted by Crippen LogP contribution is -2.24. The molecule has 1 N–H and O–H groups in total. The molecule has 0 atom stereocenters. The van der Waals surface area contributed by atoms with Crippen LogP contribution < -0.4 is 10.7 Å². The van der Waals surface area contributed by atoms with Crippen LogP contribution in [0.3, 0.4) is 0 Å². The Balaban J connectivity index is 1.65. The third-order valence-electron chi connectivity index (χ3n) is 3.35. The van der Waals surface area contributed by atoms with E-state index >= 15 is 0 Å². The fourth-order valence-corrected chi connectivity index (χ4v) is 2.23. The molecule has 3 aromatic rings. The Kier molecular flexibility index (Phi) is 4.00. The molecule has 0 saturated carbocycles. The highest BCUT2D eigenvalue weighted by molar-refractivity contribution is 5.78. The molecule has 0 fully saturated rings. The summed E-state index contributed by atoms with van der Waals surface area (Å²) in [5.41, 5.74) is 0.614. The number of aryl methyl sites for hydroxylation is 1. The number of furan rings is 1. The molecule has 0 bridgehead atoms. The van der Waals surface area contributed by atoms with Gasteiger partial charge in [0.1, 0.15) is 5.76 Å². The Morgan fingerprint density at radius 3 is 2.91 bits per heavy atom. The van der Waals surface area contributed by atoms with E-state index in [0.29, 0.717) is 24.2 Å². The van der Waals surface area contributed by atoms with E-state index in [1.54, 1.807) is 29.1 Å². The van der Waals surface area contributed by atoms with Gasteiger partial charge in [-0.25, -0.2) is 0 Å². The molecule has 2 aromatic heterocycles. The third-order valence-corrected chi connectivity index (χ3v) is 3.35. The van der Waals surface area contributed by atoms with E-state index in [9.17, 15) is 9.59 Å². The van der Waals surface area contributed by atoms with Gasteiger partial charge in [0.25, 0.3) is 0 Å². The van der Waals surface area contributed by atoms with Gasteiger partial charge in [-0.05, 0) is 24.3 Å². The minimum Gasteiger partial charge on any atom is -0.467 e. The van der Waals surface area contributed by atoms with Gasteiger partial charge in [0.2, 0.25) is 11.3 Å². The topological polar surface area (TPSA) is 77.1 Å². The monoisotopic (exact) mass is 297 g/mol. The number of benzene rings is 1. The maximum absolute atomic E-state index is 11.9. The van der Waals surface area contributed by atoms with Gasteiger partial charge in [-0.3, -0.25) is 14.3 Å². The molecular weight excluding hydrogens is 282 g/mol. The molecule has 6 heteroatoms. The third kappa shape index (κ3) is 3.06. The Morgan fingerprint density at radius 1 is 1.23 bits per heavy atom. The number of hydrogen-bond donors (Lipinski definition) is 1. The molecule has 0 aliphatic rings. The van der Waals surface area contributed by atoms with Crippen LogP contribution in [0, 0.1) is 0 Å². The molecule has 6 nitrogen and oxygen atoms in total. The summed E-state index contributed by atoms with van der Waals surface area (Å²) in [6.45, 7) is 0.773. The van der Waals surface area contributed by atoms with Crippen molar-refractivity contribution in [1.82, 2.24) is 15.1 Å². The van der Waals surface area contributed by atoms with E-state index in [1.807, 2.05) is 18.2 Å². The predicted octanol–water partition coefficient (Wildman–Crippen LogP) is 1.70. The van der Waals surface area contributed by atoms with Gasteiger partial charge < -0.3 is 9.73 Å². The average molecular weight is 297 g/mol. The van der Waals surface area contributed by atoms with Gasteiger partial charge in [0.05, 0.1) is 31.1 Å². The zero-order valence-corrected chi connectivity index (χ0v) is 11.9. The number of carbonyl (C=O) groups excluding carboxylic acids is 1. The molecule has 22 heavy (non-hydrogen) atoms. The fraction of sp³-hybridized carbons (Fsp3) is 0.188. The van der Waals surface area contributed by atoms with Crippen LogP contribution in [0.5, 0.6) is 0 Å². The number of amides is 1. The van der Waals surface area contributed by atoms with Crippen molar-refractivity contribution in [2.24, 2.45) is 0 Å². The maximum Gasteiger partial charge on any atom is 0.222 e. The van der Waals surface area contributed by atoms with Crippen LogP contribution >= 0.6 is 0 Å². The number of nitrogens with one attached hydrogen (secondary N) is 1. The highest BCUT2D eigenvalue weighted by Gasteiger charge is 2.06. The maximum atomic E-state index is 11.9. The van der Waals surface area contributed by atoms with Crippen molar-refractivity contribution in [3.8, 4) is 0 Å². The summed E-state index contributed by atoms with van der Waals surface area (Å²) < 4.78 is 6.82. The van der Waals surface area contributed by atoms with Gasteiger partial charge >= 0.3 is 0 Å². The van der Waals surface area contributed by atoms with Crippen molar-refractivity contribution >= 4 is 16.8 Å². The lowest BCUT2D eigenvalue weighted by molar-refractivity contribution is -0.121. The quantitative estimate of drug-likeness (QED) is 0.777. The summed E-state index contributed by atoms with van der Waals surface area (Å²) in [5.74, 6) is 0.612. The molecule has 2 heterocycles. The zero-order chi connectivity index (χ0) is 15.4. The van der Waals surface area contributed by atoms with Crippen LogP contribution in [0.25, 0.3) is 10.9 Å². The summed E-state index contributed by atoms with van der Waals surface area (Å²) in [5, 5.41) is 7.48. The van der Waals surface area contributed by atoms with Gasteiger partial charge in [-0.15, -0.1) is 0 Å². The molecule has 0 aliphatic heterocycles. The van der Waals surface area contributed by atoms with Crippen LogP contribution in [-0.2, 0) is 17.9 Å². The molecule has 3 rings (SSSR count). The van der Waals surface area contributed by atoms with Gasteiger partial charge in [-0.1, -0.05) is 12.1 Å². The molecule has 0 radical (unpaired) electrons. The lowest BCUT2D eigenvalue weighted by Gasteiger charge is -2.09. The zero-order valence-electron chi connectivity index (χ0n) is 11.9. The fourth-order valence-electron chi connectivity index (χ4n) is 2.23. The molecule has 112 valence electrons. The largest absolute Gasteiger partial charge is 0.467 e. The number of fused-ring (bicyclic) bond motifs is 1. The van der Waals surface area contributed by atoms with Gasteiger partial charge in [-0.2, -0.15) is 5.10 Å². The van der Waals surface area contributed by atoms with E-state index in [-0.39, 0.29) is 17.8 Å². The Morgan fingerprint density at radius 2 is 2.09 bits per heavy atom. The highest BCUT2D eigenvalue weighted by atomic mass is 16.3. The van der Waals surface area contributed by atoms with Crippen LogP contribution in [-0.4, -0.2) is 15.7 Å². The van der Waals surface area contributed by atoms with Crippen LogP contribution in [0.2, 0.25) is 0 Å². The number of aromatic nitrogens is 2. The van der Waals surface area contributed by atoms with E-state index in [2.05, 4.69) is 10.4 Å². The van der Waals surface area contributed by atoms with Crippen molar-refractivity contribution in [1.29, 1.82) is 0 Å². The van der Waals surface area contributed by atoms with Crippen molar-refractivity contribution in [2.45, 2.75) is 19.5 Å². The minimum absolute atomic E-state index is 0.0963. The van der Waals surface area contributed by atoms with Crippen molar-refractivity contribution < 1.29 is 9.21 Å². The summed E-state index contributed by atoms with van der Waals surface area (Å²) in [6, 6.07) is 10.8. The summed E-state index contributed by atoms with van der Waals surface area (Å²) >= 11 is 0. The normalized spacial score (nSPS) is 10.7. The second-order valence-corrected chi connectivity index (χ2v) is 4.86. The number of hydrogen-bond acceptors (Lipinski definition) is 4. The molecule has 0 aliphatic carbocycles. The number of nitrogens with zero attached hydrogens (tertiary/aromatic N) is 2. The number of carbonyl (C=O) groups is 1. The second kappa shape index (κ2) is 6.26. The highest BCUT2D eigenvalue weighted by Crippen LogP contribution is 2.08. The Labute approximate surface area is 126 Å². The summed E-state index contributed by atoms with van der Waals surface area (Å²) in [6.07, 6.45) is 3.13. The van der Waals surface area contributed by atoms with Gasteiger partial charge in [0.15, 0.2) is 0 Å². The van der Waals surface area contributed by atoms with E-state index < -0.39 is 0 Å². The van der Waals surface area contributed by atoms with Crippen molar-refractivity contribution in [3.05, 3.63) is 64.8 Å². The Hall–Kier alpha value is -2.89. The second-order valence-electron chi connectivity index (χ2n) is 4.86. The lowest BCUT2D eigenvalue weighted by atomic mass is 10.2. The van der Waals surface area contributed by atoms with E-state index in [4.69, 9.17) is 4.42 Å². The number of rotatable bonds is 5. The first-order chi connectivity index (χ1) is 10.7. The first kappa shape index (κ1) is 14.1. The van der Waals surface area contributed by atoms with E-state index in [1.165, 1.54) is 6.20 Å². The smallest absolute Gasteiger partial charge is 0.222 e. The first-order valence-electron chi connectivity index (χ1n) is 6.98. The molecule has 0 unspecified atom stereocenters. The minimum atomic E-state index is -0.117. The van der Waals surface area contributed by atoms with Crippen LogP contribution in [0.4, 0.5) is 0 Å². The Bertz CT molecular complexity index is 837. The SMILES string of the molecule is O=C(CCn1ncc(=O)c2ccccc21)NCc1ccco1. The molecule has 1 amide bonds. The molecule has 0 saturated heterocycles.